The van der Waals surface area contributed by atoms with E-state index in [0.717, 1.165) is 12.0 Å². The Morgan fingerprint density at radius 2 is 1.90 bits per heavy atom. The fourth-order valence-corrected chi connectivity index (χ4v) is 2.41. The van der Waals surface area contributed by atoms with E-state index in [2.05, 4.69) is 16.0 Å². The Kier molecular flexibility index (Phi) is 3.35. The van der Waals surface area contributed by atoms with Gasteiger partial charge in [-0.15, -0.1) is 0 Å². The van der Waals surface area contributed by atoms with Crippen molar-refractivity contribution in [2.75, 3.05) is 6.54 Å². The van der Waals surface area contributed by atoms with E-state index < -0.39 is 5.97 Å². The quantitative estimate of drug-likeness (QED) is 0.900. The molecule has 1 N–H and O–H groups in total. The zero-order chi connectivity index (χ0) is 14.8. The number of carboxylic acids is 1. The zero-order valence-electron chi connectivity index (χ0n) is 11.2. The second kappa shape index (κ2) is 5.32. The first-order valence-corrected chi connectivity index (χ1v) is 6.57. The molecule has 0 aliphatic carbocycles. The molecule has 0 saturated carbocycles. The number of aromatic carboxylic acids is 1. The number of carbonyl (C=O) groups excluding carboxylic acids is 1. The van der Waals surface area contributed by atoms with Crippen molar-refractivity contribution in [2.24, 2.45) is 0 Å². The van der Waals surface area contributed by atoms with Gasteiger partial charge in [-0.2, -0.15) is 0 Å². The summed E-state index contributed by atoms with van der Waals surface area (Å²) >= 11 is 0. The predicted molar refractivity (Wildman–Crippen MR) is 73.9 cm³/mol. The summed E-state index contributed by atoms with van der Waals surface area (Å²) < 4.78 is 0. The highest BCUT2D eigenvalue weighted by Gasteiger charge is 2.23. The number of carboxylic acid groups (broad SMARTS) is 1. The van der Waals surface area contributed by atoms with Crippen molar-refractivity contribution in [2.45, 2.75) is 13.0 Å². The Morgan fingerprint density at radius 1 is 1.14 bits per heavy atom. The van der Waals surface area contributed by atoms with E-state index in [1.165, 1.54) is 17.8 Å². The van der Waals surface area contributed by atoms with Crippen molar-refractivity contribution in [1.29, 1.82) is 0 Å². The van der Waals surface area contributed by atoms with Crippen LogP contribution < -0.4 is 0 Å². The van der Waals surface area contributed by atoms with Gasteiger partial charge in [0.1, 0.15) is 5.69 Å². The lowest BCUT2D eigenvalue weighted by Crippen LogP contribution is -2.36. The van der Waals surface area contributed by atoms with E-state index in [1.54, 1.807) is 4.90 Å². The van der Waals surface area contributed by atoms with Gasteiger partial charge in [0.05, 0.1) is 0 Å². The Balaban J connectivity index is 1.84. The Morgan fingerprint density at radius 3 is 2.67 bits per heavy atom. The molecule has 0 spiro atoms. The van der Waals surface area contributed by atoms with Gasteiger partial charge in [-0.3, -0.25) is 4.79 Å². The molecule has 0 atom stereocenters. The van der Waals surface area contributed by atoms with E-state index in [0.29, 0.717) is 13.1 Å². The van der Waals surface area contributed by atoms with Gasteiger partial charge >= 0.3 is 5.97 Å². The molecule has 0 radical (unpaired) electrons. The molecule has 3 rings (SSSR count). The van der Waals surface area contributed by atoms with Gasteiger partial charge in [-0.25, -0.2) is 14.8 Å². The number of amides is 1. The molecule has 0 saturated heterocycles. The summed E-state index contributed by atoms with van der Waals surface area (Å²) in [5.41, 5.74) is 2.47. The van der Waals surface area contributed by atoms with Crippen molar-refractivity contribution in [3.8, 4) is 0 Å². The number of fused-ring (bicyclic) bond motifs is 1. The van der Waals surface area contributed by atoms with E-state index in [4.69, 9.17) is 5.11 Å². The summed E-state index contributed by atoms with van der Waals surface area (Å²) in [4.78, 5) is 32.4. The van der Waals surface area contributed by atoms with Gasteiger partial charge in [0.25, 0.3) is 5.91 Å². The van der Waals surface area contributed by atoms with Crippen LogP contribution >= 0.6 is 0 Å². The molecule has 0 unspecified atom stereocenters. The van der Waals surface area contributed by atoms with Crippen molar-refractivity contribution in [1.82, 2.24) is 14.9 Å². The molecule has 1 amide bonds. The first-order valence-electron chi connectivity index (χ1n) is 6.57. The highest BCUT2D eigenvalue weighted by Crippen LogP contribution is 2.19. The molecular weight excluding hydrogens is 270 g/mol. The zero-order valence-corrected chi connectivity index (χ0v) is 11.2. The van der Waals surface area contributed by atoms with Gasteiger partial charge in [-0.1, -0.05) is 24.3 Å². The van der Waals surface area contributed by atoms with Crippen molar-refractivity contribution in [3.63, 3.8) is 0 Å². The molecule has 1 aliphatic heterocycles. The first-order chi connectivity index (χ1) is 10.1. The van der Waals surface area contributed by atoms with E-state index >= 15 is 0 Å². The summed E-state index contributed by atoms with van der Waals surface area (Å²) in [6.45, 7) is 1.11. The van der Waals surface area contributed by atoms with Crippen molar-refractivity contribution < 1.29 is 14.7 Å². The molecular formula is C15H13N3O3. The fraction of sp³-hybridized carbons (Fsp3) is 0.200. The first kappa shape index (κ1) is 13.2. The number of nitrogens with zero attached hydrogens (tertiary/aromatic N) is 3. The minimum Gasteiger partial charge on any atom is -0.475 e. The molecule has 6 heteroatoms. The Hall–Kier alpha value is -2.76. The largest absolute Gasteiger partial charge is 0.475 e. The lowest BCUT2D eigenvalue weighted by molar-refractivity contribution is 0.0682. The molecule has 1 aromatic heterocycles. The van der Waals surface area contributed by atoms with Crippen LogP contribution in [-0.2, 0) is 13.0 Å². The molecule has 1 aromatic carbocycles. The molecule has 0 fully saturated rings. The van der Waals surface area contributed by atoms with Crippen LogP contribution in [0.4, 0.5) is 0 Å². The summed E-state index contributed by atoms with van der Waals surface area (Å²) in [6, 6.07) is 9.43. The number of benzene rings is 1. The average molecular weight is 283 g/mol. The normalized spacial score (nSPS) is 13.6. The van der Waals surface area contributed by atoms with Crippen LogP contribution in [0.15, 0.2) is 36.5 Å². The lowest BCUT2D eigenvalue weighted by atomic mass is 10.00. The standard InChI is InChI=1S/C15H13N3O3/c19-14(12-5-7-16-13(17-12)15(20)21)18-8-6-10-3-1-2-4-11(10)9-18/h1-5,7H,6,8-9H2,(H,20,21). The van der Waals surface area contributed by atoms with Crippen molar-refractivity contribution >= 4 is 11.9 Å². The Bertz CT molecular complexity index is 715. The maximum atomic E-state index is 12.4. The monoisotopic (exact) mass is 283 g/mol. The van der Waals surface area contributed by atoms with Gasteiger partial charge in [0, 0.05) is 19.3 Å². The van der Waals surface area contributed by atoms with Gasteiger partial charge in [-0.05, 0) is 23.6 Å². The van der Waals surface area contributed by atoms with Crippen LogP contribution in [-0.4, -0.2) is 38.4 Å². The molecule has 2 heterocycles. The third kappa shape index (κ3) is 2.60. The van der Waals surface area contributed by atoms with Crippen LogP contribution in [0.25, 0.3) is 0 Å². The minimum absolute atomic E-state index is 0.113. The second-order valence-corrected chi connectivity index (χ2v) is 4.82. The topological polar surface area (TPSA) is 83.4 Å². The fourth-order valence-electron chi connectivity index (χ4n) is 2.41. The maximum absolute atomic E-state index is 12.4. The molecule has 106 valence electrons. The molecule has 2 aromatic rings. The smallest absolute Gasteiger partial charge is 0.373 e. The van der Waals surface area contributed by atoms with Gasteiger partial charge in [0.2, 0.25) is 5.82 Å². The van der Waals surface area contributed by atoms with Crippen LogP contribution in [0.1, 0.15) is 32.2 Å². The number of carbonyl (C=O) groups is 2. The van der Waals surface area contributed by atoms with Crippen LogP contribution in [0.2, 0.25) is 0 Å². The Labute approximate surface area is 121 Å². The van der Waals surface area contributed by atoms with Gasteiger partial charge < -0.3 is 10.0 Å². The molecule has 21 heavy (non-hydrogen) atoms. The molecule has 6 nitrogen and oxygen atoms in total. The SMILES string of the molecule is O=C(O)c1nccc(C(=O)N2CCc3ccccc3C2)n1. The second-order valence-electron chi connectivity index (χ2n) is 4.82. The molecule has 0 bridgehead atoms. The number of hydrogen-bond acceptors (Lipinski definition) is 4. The summed E-state index contributed by atoms with van der Waals surface area (Å²) in [7, 11) is 0. The molecule has 1 aliphatic rings. The number of rotatable bonds is 2. The number of hydrogen-bond donors (Lipinski definition) is 1. The predicted octanol–water partition coefficient (Wildman–Crippen LogP) is 1.37. The van der Waals surface area contributed by atoms with Gasteiger partial charge in [0.15, 0.2) is 0 Å². The van der Waals surface area contributed by atoms with Crippen LogP contribution in [0.5, 0.6) is 0 Å². The maximum Gasteiger partial charge on any atom is 0.373 e. The van der Waals surface area contributed by atoms with E-state index in [9.17, 15) is 9.59 Å². The average Bonchev–Trinajstić information content (AvgIpc) is 2.53. The van der Waals surface area contributed by atoms with E-state index in [-0.39, 0.29) is 17.4 Å². The minimum atomic E-state index is -1.24. The summed E-state index contributed by atoms with van der Waals surface area (Å²) in [5.74, 6) is -1.87. The van der Waals surface area contributed by atoms with E-state index in [1.807, 2.05) is 18.2 Å². The van der Waals surface area contributed by atoms with Crippen molar-refractivity contribution in [3.05, 3.63) is 59.2 Å². The third-order valence-electron chi connectivity index (χ3n) is 3.48. The van der Waals surface area contributed by atoms with Crippen LogP contribution in [0.3, 0.4) is 0 Å². The number of aromatic nitrogens is 2. The summed E-state index contributed by atoms with van der Waals surface area (Å²) in [5, 5.41) is 8.88. The highest BCUT2D eigenvalue weighted by atomic mass is 16.4. The van der Waals surface area contributed by atoms with Crippen LogP contribution in [0, 0.1) is 0 Å². The summed E-state index contributed by atoms with van der Waals surface area (Å²) in [6.07, 6.45) is 2.08. The highest BCUT2D eigenvalue weighted by molar-refractivity contribution is 5.93. The third-order valence-corrected chi connectivity index (χ3v) is 3.48. The lowest BCUT2D eigenvalue weighted by Gasteiger charge is -2.28.